The molecule has 2 N–H and O–H groups in total. The van der Waals surface area contributed by atoms with E-state index >= 15 is 0 Å². The summed E-state index contributed by atoms with van der Waals surface area (Å²) >= 11 is 0. The highest BCUT2D eigenvalue weighted by Gasteiger charge is 2.38. The van der Waals surface area contributed by atoms with E-state index in [9.17, 15) is 9.59 Å². The molecule has 2 heterocycles. The van der Waals surface area contributed by atoms with Crippen LogP contribution in [0.3, 0.4) is 0 Å². The lowest BCUT2D eigenvalue weighted by Gasteiger charge is -2.30. The number of nitrogens with one attached hydrogen (secondary N) is 2. The Labute approximate surface area is 213 Å². The minimum Gasteiger partial charge on any atom is -0.497 e. The Morgan fingerprint density at radius 2 is 1.89 bits per heavy atom. The molecule has 1 aromatic heterocycles. The Balaban J connectivity index is 1.35. The van der Waals surface area contributed by atoms with Crippen LogP contribution < -0.4 is 15.4 Å². The first kappa shape index (κ1) is 26.1. The molecule has 1 aliphatic carbocycles. The number of ether oxygens (including phenoxy) is 1. The number of aryl methyl sites for hydroxylation is 1. The van der Waals surface area contributed by atoms with E-state index in [1.807, 2.05) is 18.2 Å². The van der Waals surface area contributed by atoms with E-state index in [0.717, 1.165) is 62.9 Å². The Hall–Kier alpha value is -2.94. The van der Waals surface area contributed by atoms with E-state index in [1.165, 1.54) is 19.8 Å². The highest BCUT2D eigenvalue weighted by molar-refractivity contribution is 5.76. The van der Waals surface area contributed by atoms with Crippen LogP contribution in [0.2, 0.25) is 0 Å². The zero-order chi connectivity index (χ0) is 25.4. The fourth-order valence-corrected chi connectivity index (χ4v) is 5.50. The van der Waals surface area contributed by atoms with Crippen molar-refractivity contribution in [3.8, 4) is 5.75 Å². The van der Waals surface area contributed by atoms with Crippen LogP contribution >= 0.6 is 0 Å². The van der Waals surface area contributed by atoms with Crippen LogP contribution in [-0.2, 0) is 21.5 Å². The summed E-state index contributed by atoms with van der Waals surface area (Å²) in [5.41, 5.74) is 0.566. The molecule has 2 aromatic rings. The molecule has 1 aliphatic heterocycles. The van der Waals surface area contributed by atoms with Crippen molar-refractivity contribution in [3.63, 3.8) is 0 Å². The van der Waals surface area contributed by atoms with Crippen LogP contribution in [0.4, 0.5) is 0 Å². The third-order valence-corrected chi connectivity index (χ3v) is 7.39. The number of nitrogens with zero attached hydrogens (tertiary/aromatic N) is 3. The second-order valence-electron chi connectivity index (χ2n) is 10.0. The fraction of sp³-hybridized carbons (Fsp3) is 0.630. The number of rotatable bonds is 10. The number of likely N-dealkylation sites (tertiary alicyclic amines) is 1. The number of aromatic nitrogens is 2. The first-order valence-corrected chi connectivity index (χ1v) is 13.3. The van der Waals surface area contributed by atoms with E-state index < -0.39 is 5.54 Å². The van der Waals surface area contributed by atoms with Gasteiger partial charge in [0.1, 0.15) is 11.3 Å². The normalized spacial score (nSPS) is 18.8. The van der Waals surface area contributed by atoms with E-state index in [-0.39, 0.29) is 24.3 Å². The Kier molecular flexibility index (Phi) is 8.96. The van der Waals surface area contributed by atoms with Gasteiger partial charge in [0.15, 0.2) is 5.82 Å². The number of methoxy groups -OCH3 is 1. The number of hydrogen-bond acceptors (Lipinski definition) is 7. The minimum atomic E-state index is -0.577. The van der Waals surface area contributed by atoms with Crippen LogP contribution in [0.5, 0.6) is 5.75 Å². The van der Waals surface area contributed by atoms with E-state index in [2.05, 4.69) is 31.7 Å². The quantitative estimate of drug-likeness (QED) is 0.482. The van der Waals surface area contributed by atoms with Gasteiger partial charge in [-0.25, -0.2) is 0 Å². The largest absolute Gasteiger partial charge is 0.497 e. The van der Waals surface area contributed by atoms with Crippen LogP contribution in [0, 0.1) is 0 Å². The molecule has 0 bridgehead atoms. The average Bonchev–Trinajstić information content (AvgIpc) is 3.53. The topological polar surface area (TPSA) is 110 Å². The van der Waals surface area contributed by atoms with Gasteiger partial charge in [-0.3, -0.25) is 14.5 Å². The molecule has 196 valence electrons. The highest BCUT2D eigenvalue weighted by Crippen LogP contribution is 2.34. The first-order chi connectivity index (χ1) is 17.5. The van der Waals surface area contributed by atoms with Crippen LogP contribution in [-0.4, -0.2) is 53.6 Å². The molecule has 2 fully saturated rings. The minimum absolute atomic E-state index is 0.0483. The Morgan fingerprint density at radius 1 is 1.14 bits per heavy atom. The lowest BCUT2D eigenvalue weighted by molar-refractivity contribution is -0.122. The molecule has 4 rings (SSSR count). The van der Waals surface area contributed by atoms with Gasteiger partial charge < -0.3 is 19.9 Å². The van der Waals surface area contributed by atoms with Crippen molar-refractivity contribution < 1.29 is 18.8 Å². The Morgan fingerprint density at radius 3 is 2.58 bits per heavy atom. The van der Waals surface area contributed by atoms with Gasteiger partial charge in [-0.05, 0) is 56.5 Å². The maximum absolute atomic E-state index is 12.8. The summed E-state index contributed by atoms with van der Waals surface area (Å²) in [6.45, 7) is 4.11. The lowest BCUT2D eigenvalue weighted by atomic mass is 9.89. The monoisotopic (exact) mass is 497 g/mol. The van der Waals surface area contributed by atoms with Gasteiger partial charge in [0.05, 0.1) is 13.2 Å². The zero-order valence-corrected chi connectivity index (χ0v) is 21.6. The van der Waals surface area contributed by atoms with Crippen molar-refractivity contribution in [2.75, 3.05) is 26.7 Å². The van der Waals surface area contributed by atoms with Crippen molar-refractivity contribution in [3.05, 3.63) is 41.5 Å². The predicted molar refractivity (Wildman–Crippen MR) is 135 cm³/mol. The molecule has 2 aliphatic rings. The number of hydrogen-bond donors (Lipinski definition) is 2. The van der Waals surface area contributed by atoms with E-state index in [0.29, 0.717) is 24.7 Å². The maximum Gasteiger partial charge on any atom is 0.227 e. The molecular weight excluding hydrogens is 458 g/mol. The summed E-state index contributed by atoms with van der Waals surface area (Å²) in [4.78, 5) is 31.7. The second kappa shape index (κ2) is 12.3. The third kappa shape index (κ3) is 6.63. The number of carbonyl (C=O) groups is 2. The highest BCUT2D eigenvalue weighted by atomic mass is 16.5. The van der Waals surface area contributed by atoms with Crippen molar-refractivity contribution in [1.82, 2.24) is 25.7 Å². The Bertz CT molecular complexity index is 1010. The molecule has 1 saturated carbocycles. The molecular formula is C27H39N5O4. The SMILES string of the molecule is COc1cccc(C(CNC(=O)CCc2nc(C3(NC(C)=O)CCCCCC3)no2)N2CCCC2)c1. The first-order valence-electron chi connectivity index (χ1n) is 13.3. The molecule has 9 nitrogen and oxygen atoms in total. The maximum atomic E-state index is 12.8. The summed E-state index contributed by atoms with van der Waals surface area (Å²) < 4.78 is 10.9. The summed E-state index contributed by atoms with van der Waals surface area (Å²) in [5.74, 6) is 1.64. The fourth-order valence-electron chi connectivity index (χ4n) is 5.50. The average molecular weight is 498 g/mol. The predicted octanol–water partition coefficient (Wildman–Crippen LogP) is 3.65. The van der Waals surface area contributed by atoms with Crippen molar-refractivity contribution >= 4 is 11.8 Å². The lowest BCUT2D eigenvalue weighted by Crippen LogP contribution is -2.45. The number of amides is 2. The summed E-state index contributed by atoms with van der Waals surface area (Å²) in [6.07, 6.45) is 8.88. The molecule has 9 heteroatoms. The van der Waals surface area contributed by atoms with E-state index in [4.69, 9.17) is 9.26 Å². The molecule has 0 radical (unpaired) electrons. The third-order valence-electron chi connectivity index (χ3n) is 7.39. The van der Waals surface area contributed by atoms with Crippen molar-refractivity contribution in [2.45, 2.75) is 82.7 Å². The van der Waals surface area contributed by atoms with Crippen LogP contribution in [0.15, 0.2) is 28.8 Å². The summed E-state index contributed by atoms with van der Waals surface area (Å²) in [6, 6.07) is 8.18. The standard InChI is InChI=1S/C27H39N5O4/c1-20(33)30-27(14-5-3-4-6-15-27)26-29-25(36-31-26)13-12-24(34)28-19-23(32-16-7-8-17-32)21-10-9-11-22(18-21)35-2/h9-11,18,23H,3-8,12-17,19H2,1-2H3,(H,28,34)(H,30,33). The van der Waals surface area contributed by atoms with Gasteiger partial charge in [0.2, 0.25) is 17.7 Å². The summed E-state index contributed by atoms with van der Waals surface area (Å²) in [7, 11) is 1.67. The van der Waals surface area contributed by atoms with Gasteiger partial charge in [-0.2, -0.15) is 4.98 Å². The summed E-state index contributed by atoms with van der Waals surface area (Å²) in [5, 5.41) is 10.4. The number of benzene rings is 1. The van der Waals surface area contributed by atoms with Gasteiger partial charge in [-0.1, -0.05) is 43.0 Å². The van der Waals surface area contributed by atoms with Crippen molar-refractivity contribution in [1.29, 1.82) is 0 Å². The molecule has 1 aromatic carbocycles. The number of carbonyl (C=O) groups excluding carboxylic acids is 2. The van der Waals surface area contributed by atoms with Gasteiger partial charge in [-0.15, -0.1) is 0 Å². The molecule has 2 amide bonds. The zero-order valence-electron chi connectivity index (χ0n) is 21.6. The smallest absolute Gasteiger partial charge is 0.227 e. The van der Waals surface area contributed by atoms with Crippen LogP contribution in [0.1, 0.15) is 88.0 Å². The molecule has 1 saturated heterocycles. The molecule has 1 unspecified atom stereocenters. The second-order valence-corrected chi connectivity index (χ2v) is 10.0. The molecule has 1 atom stereocenters. The molecule has 0 spiro atoms. The van der Waals surface area contributed by atoms with Crippen LogP contribution in [0.25, 0.3) is 0 Å². The van der Waals surface area contributed by atoms with Gasteiger partial charge in [0, 0.05) is 26.3 Å². The molecule has 36 heavy (non-hydrogen) atoms. The van der Waals surface area contributed by atoms with E-state index in [1.54, 1.807) is 7.11 Å². The van der Waals surface area contributed by atoms with Gasteiger partial charge in [0.25, 0.3) is 0 Å². The van der Waals surface area contributed by atoms with Gasteiger partial charge >= 0.3 is 0 Å². The van der Waals surface area contributed by atoms with Crippen molar-refractivity contribution in [2.24, 2.45) is 0 Å².